The van der Waals surface area contributed by atoms with Gasteiger partial charge in [-0.15, -0.1) is 0 Å². The molecule has 1 amide bonds. The Kier molecular flexibility index (Phi) is 7.87. The number of ether oxygens (including phenoxy) is 1. The minimum Gasteiger partial charge on any atom is -0.452 e. The van der Waals surface area contributed by atoms with Gasteiger partial charge < -0.3 is 10.1 Å². The topological polar surface area (TPSA) is 102 Å². The summed E-state index contributed by atoms with van der Waals surface area (Å²) in [4.78, 5) is 23.5. The third-order valence-electron chi connectivity index (χ3n) is 2.96. The highest BCUT2D eigenvalue weighted by Crippen LogP contribution is 2.12. The number of amides is 1. The van der Waals surface area contributed by atoms with Gasteiger partial charge in [-0.3, -0.25) is 4.79 Å². The van der Waals surface area contributed by atoms with E-state index in [0.717, 1.165) is 0 Å². The Bertz CT molecular complexity index is 671. The fourth-order valence-corrected chi connectivity index (χ4v) is 2.87. The van der Waals surface area contributed by atoms with Crippen LogP contribution < -0.4 is 10.0 Å². The second kappa shape index (κ2) is 9.39. The summed E-state index contributed by atoms with van der Waals surface area (Å²) in [6.45, 7) is 6.15. The normalized spacial score (nSPS) is 11.3. The van der Waals surface area contributed by atoms with Crippen molar-refractivity contribution in [1.29, 1.82) is 0 Å². The number of benzene rings is 1. The summed E-state index contributed by atoms with van der Waals surface area (Å²) in [5, 5.41) is 2.63. The van der Waals surface area contributed by atoms with E-state index in [1.54, 1.807) is 0 Å². The van der Waals surface area contributed by atoms with Crippen molar-refractivity contribution in [3.63, 3.8) is 0 Å². The molecule has 0 aliphatic heterocycles. The molecule has 0 atom stereocenters. The number of esters is 1. The van der Waals surface area contributed by atoms with Crippen LogP contribution in [0.5, 0.6) is 0 Å². The van der Waals surface area contributed by atoms with Gasteiger partial charge in [0.25, 0.3) is 5.91 Å². The second-order valence-corrected chi connectivity index (χ2v) is 7.47. The fraction of sp³-hybridized carbons (Fsp3) is 0.500. The number of hydrogen-bond acceptors (Lipinski definition) is 5. The molecule has 2 N–H and O–H groups in total. The Morgan fingerprint density at radius 1 is 1.25 bits per heavy atom. The molecule has 7 nitrogen and oxygen atoms in total. The highest BCUT2D eigenvalue weighted by Gasteiger charge is 2.17. The van der Waals surface area contributed by atoms with Crippen molar-refractivity contribution in [3.8, 4) is 0 Å². The molecule has 0 heterocycles. The molecular weight excluding hydrogens is 332 g/mol. The molecular formula is C16H24N2O5S. The maximum Gasteiger partial charge on any atom is 0.338 e. The average Bonchev–Trinajstić information content (AvgIpc) is 2.56. The fourth-order valence-electron chi connectivity index (χ4n) is 1.69. The van der Waals surface area contributed by atoms with Crippen LogP contribution in [0.15, 0.2) is 29.2 Å². The number of hydrogen-bond donors (Lipinski definition) is 2. The van der Waals surface area contributed by atoms with Crippen molar-refractivity contribution in [2.24, 2.45) is 5.92 Å². The molecule has 0 saturated carbocycles. The average molecular weight is 356 g/mol. The van der Waals surface area contributed by atoms with E-state index in [1.807, 2.05) is 20.8 Å². The third-order valence-corrected chi connectivity index (χ3v) is 4.42. The van der Waals surface area contributed by atoms with Gasteiger partial charge in [0.2, 0.25) is 10.0 Å². The summed E-state index contributed by atoms with van der Waals surface area (Å²) in [6.07, 6.45) is 0.659. The number of sulfonamides is 1. The van der Waals surface area contributed by atoms with E-state index in [2.05, 4.69) is 10.0 Å². The molecule has 0 fully saturated rings. The quantitative estimate of drug-likeness (QED) is 0.650. The van der Waals surface area contributed by atoms with Gasteiger partial charge in [-0.25, -0.2) is 17.9 Å². The van der Waals surface area contributed by atoms with Crippen LogP contribution in [0, 0.1) is 5.92 Å². The summed E-state index contributed by atoms with van der Waals surface area (Å²) in [7, 11) is -3.66. The van der Waals surface area contributed by atoms with Crippen LogP contribution in [0.1, 0.15) is 37.6 Å². The molecule has 0 radical (unpaired) electrons. The lowest BCUT2D eigenvalue weighted by Gasteiger charge is -2.09. The molecule has 1 aromatic rings. The van der Waals surface area contributed by atoms with E-state index in [4.69, 9.17) is 4.74 Å². The highest BCUT2D eigenvalue weighted by molar-refractivity contribution is 7.89. The largest absolute Gasteiger partial charge is 0.452 e. The predicted octanol–water partition coefficient (Wildman–Crippen LogP) is 1.30. The summed E-state index contributed by atoms with van der Waals surface area (Å²) in [6, 6.07) is 5.51. The summed E-state index contributed by atoms with van der Waals surface area (Å²) in [5.74, 6) is -0.852. The van der Waals surface area contributed by atoms with Gasteiger partial charge in [-0.2, -0.15) is 0 Å². The van der Waals surface area contributed by atoms with Crippen LogP contribution >= 0.6 is 0 Å². The van der Waals surface area contributed by atoms with Crippen LogP contribution in [-0.2, 0) is 19.6 Å². The lowest BCUT2D eigenvalue weighted by Crippen LogP contribution is -2.31. The molecule has 0 aliphatic carbocycles. The molecule has 24 heavy (non-hydrogen) atoms. The number of rotatable bonds is 9. The van der Waals surface area contributed by atoms with E-state index in [-0.39, 0.29) is 10.5 Å². The maximum absolute atomic E-state index is 12.1. The minimum atomic E-state index is -3.66. The first-order valence-electron chi connectivity index (χ1n) is 7.79. The Morgan fingerprint density at radius 2 is 1.96 bits per heavy atom. The Labute approximate surface area is 142 Å². The van der Waals surface area contributed by atoms with Crippen molar-refractivity contribution in [3.05, 3.63) is 29.8 Å². The van der Waals surface area contributed by atoms with Crippen LogP contribution in [0.3, 0.4) is 0 Å². The molecule has 0 aromatic heterocycles. The van der Waals surface area contributed by atoms with E-state index in [0.29, 0.717) is 25.4 Å². The lowest BCUT2D eigenvalue weighted by atomic mass is 10.2. The van der Waals surface area contributed by atoms with Gasteiger partial charge in [-0.1, -0.05) is 26.8 Å². The van der Waals surface area contributed by atoms with Gasteiger partial charge in [0.1, 0.15) is 0 Å². The molecule has 0 spiro atoms. The molecule has 0 aliphatic rings. The maximum atomic E-state index is 12.1. The first kappa shape index (κ1) is 20.1. The molecule has 0 bridgehead atoms. The SMILES string of the molecule is CCCNS(=O)(=O)c1cccc(C(=O)OCC(=O)NCC(C)C)c1. The van der Waals surface area contributed by atoms with Gasteiger partial charge in [0, 0.05) is 13.1 Å². The molecule has 134 valence electrons. The first-order valence-corrected chi connectivity index (χ1v) is 9.28. The van der Waals surface area contributed by atoms with Crippen molar-refractivity contribution in [2.45, 2.75) is 32.1 Å². The lowest BCUT2D eigenvalue weighted by molar-refractivity contribution is -0.124. The van der Waals surface area contributed by atoms with Crippen LogP contribution in [-0.4, -0.2) is 40.0 Å². The standard InChI is InChI=1S/C16H24N2O5S/c1-4-8-18-24(21,22)14-7-5-6-13(9-14)16(20)23-11-15(19)17-10-12(2)3/h5-7,9,12,18H,4,8,10-11H2,1-3H3,(H,17,19). The zero-order chi connectivity index (χ0) is 18.2. The van der Waals surface area contributed by atoms with Gasteiger partial charge in [-0.05, 0) is 30.5 Å². The predicted molar refractivity (Wildman–Crippen MR) is 90.1 cm³/mol. The van der Waals surface area contributed by atoms with Gasteiger partial charge in [0.05, 0.1) is 10.5 Å². The Morgan fingerprint density at radius 3 is 2.58 bits per heavy atom. The summed E-state index contributed by atoms with van der Waals surface area (Å²) >= 11 is 0. The number of carbonyl (C=O) groups excluding carboxylic acids is 2. The summed E-state index contributed by atoms with van der Waals surface area (Å²) in [5.41, 5.74) is 0.0750. The van der Waals surface area contributed by atoms with E-state index in [9.17, 15) is 18.0 Å². The van der Waals surface area contributed by atoms with Crippen LogP contribution in [0.25, 0.3) is 0 Å². The van der Waals surface area contributed by atoms with Crippen molar-refractivity contribution in [1.82, 2.24) is 10.0 Å². The molecule has 8 heteroatoms. The van der Waals surface area contributed by atoms with Crippen molar-refractivity contribution in [2.75, 3.05) is 19.7 Å². The second-order valence-electron chi connectivity index (χ2n) is 5.70. The van der Waals surface area contributed by atoms with Gasteiger partial charge >= 0.3 is 5.97 Å². The van der Waals surface area contributed by atoms with E-state index in [1.165, 1.54) is 24.3 Å². The third kappa shape index (κ3) is 6.67. The number of nitrogens with one attached hydrogen (secondary N) is 2. The zero-order valence-corrected chi connectivity index (χ0v) is 15.0. The van der Waals surface area contributed by atoms with E-state index < -0.39 is 28.5 Å². The Hall–Kier alpha value is -1.93. The first-order chi connectivity index (χ1) is 11.3. The minimum absolute atomic E-state index is 0.0188. The van der Waals surface area contributed by atoms with Gasteiger partial charge in [0.15, 0.2) is 6.61 Å². The van der Waals surface area contributed by atoms with Crippen molar-refractivity contribution >= 4 is 21.9 Å². The molecule has 1 rings (SSSR count). The number of carbonyl (C=O) groups is 2. The Balaban J connectivity index is 2.69. The smallest absolute Gasteiger partial charge is 0.338 e. The molecule has 0 saturated heterocycles. The van der Waals surface area contributed by atoms with Crippen LogP contribution in [0.2, 0.25) is 0 Å². The summed E-state index contributed by atoms with van der Waals surface area (Å²) < 4.78 is 31.4. The zero-order valence-electron chi connectivity index (χ0n) is 14.2. The highest BCUT2D eigenvalue weighted by atomic mass is 32.2. The molecule has 0 unspecified atom stereocenters. The van der Waals surface area contributed by atoms with E-state index >= 15 is 0 Å². The molecule has 1 aromatic carbocycles. The van der Waals surface area contributed by atoms with Crippen LogP contribution in [0.4, 0.5) is 0 Å². The van der Waals surface area contributed by atoms with Crippen molar-refractivity contribution < 1.29 is 22.7 Å². The monoisotopic (exact) mass is 356 g/mol.